The number of nitrogens with zero attached hydrogens (tertiary/aromatic N) is 7. The lowest BCUT2D eigenvalue weighted by Crippen LogP contribution is -2.47. The second-order valence-electron chi connectivity index (χ2n) is 11.0. The highest BCUT2D eigenvalue weighted by molar-refractivity contribution is 5.07. The molecule has 1 aliphatic rings. The number of hydrogen-bond donors (Lipinski definition) is 3. The summed E-state index contributed by atoms with van der Waals surface area (Å²) in [6.07, 6.45) is 0. The average Bonchev–Trinajstić information content (AvgIpc) is 2.95. The fourth-order valence-corrected chi connectivity index (χ4v) is 5.16. The first-order chi connectivity index (χ1) is 20.1. The molecule has 4 heterocycles. The quantitative estimate of drug-likeness (QED) is 0.335. The van der Waals surface area contributed by atoms with Gasteiger partial charge < -0.3 is 15.6 Å². The van der Waals surface area contributed by atoms with Gasteiger partial charge in [-0.15, -0.1) is 0 Å². The summed E-state index contributed by atoms with van der Waals surface area (Å²) < 4.78 is 2.03. The van der Waals surface area contributed by atoms with E-state index in [1.54, 1.807) is 36.4 Å². The first-order valence-corrected chi connectivity index (χ1v) is 14.2. The zero-order valence-corrected chi connectivity index (χ0v) is 24.2. The predicted octanol–water partition coefficient (Wildman–Crippen LogP) is 0.414. The summed E-state index contributed by atoms with van der Waals surface area (Å²) in [5.74, 6) is 0. The van der Waals surface area contributed by atoms with Crippen LogP contribution < -0.4 is 16.7 Å². The minimum atomic E-state index is -0.506. The van der Waals surface area contributed by atoms with E-state index in [1.165, 1.54) is 18.2 Å². The van der Waals surface area contributed by atoms with Gasteiger partial charge in [0.1, 0.15) is 0 Å². The Morgan fingerprint density at radius 2 is 0.810 bits per heavy atom. The highest BCUT2D eigenvalue weighted by Gasteiger charge is 2.20. The lowest BCUT2D eigenvalue weighted by atomic mass is 10.2. The normalized spacial score (nSPS) is 17.2. The van der Waals surface area contributed by atoms with Crippen LogP contribution in [-0.2, 0) is 19.6 Å². The molecule has 1 saturated heterocycles. The SMILES string of the molecule is CC(C)N1CCN(Cc2cccc(=O)n2O)CCN(Cc2cccc(=O)n2O)CCN(Cc2cccc(=O)n2O)CC1. The van der Waals surface area contributed by atoms with Gasteiger partial charge in [-0.05, 0) is 32.0 Å². The molecule has 0 bridgehead atoms. The molecule has 0 atom stereocenters. The lowest BCUT2D eigenvalue weighted by Gasteiger charge is -2.35. The summed E-state index contributed by atoms with van der Waals surface area (Å²) in [7, 11) is 0. The molecule has 13 nitrogen and oxygen atoms in total. The smallest absolute Gasteiger partial charge is 0.283 e. The van der Waals surface area contributed by atoms with Gasteiger partial charge in [0.2, 0.25) is 0 Å². The third-order valence-corrected chi connectivity index (χ3v) is 7.78. The van der Waals surface area contributed by atoms with Crippen molar-refractivity contribution in [2.45, 2.75) is 39.5 Å². The van der Waals surface area contributed by atoms with Crippen molar-refractivity contribution in [1.29, 1.82) is 0 Å². The van der Waals surface area contributed by atoms with Gasteiger partial charge in [-0.25, -0.2) is 0 Å². The highest BCUT2D eigenvalue weighted by Crippen LogP contribution is 2.11. The molecule has 3 N–H and O–H groups in total. The summed E-state index contributed by atoms with van der Waals surface area (Å²) >= 11 is 0. The van der Waals surface area contributed by atoms with E-state index in [0.717, 1.165) is 13.1 Å². The van der Waals surface area contributed by atoms with E-state index in [4.69, 9.17) is 0 Å². The first-order valence-electron chi connectivity index (χ1n) is 14.2. The molecule has 0 aliphatic carbocycles. The first kappa shape index (κ1) is 31.0. The van der Waals surface area contributed by atoms with Crippen molar-refractivity contribution in [2.24, 2.45) is 0 Å². The van der Waals surface area contributed by atoms with Crippen LogP contribution in [-0.4, -0.2) is 108 Å². The van der Waals surface area contributed by atoms with Gasteiger partial charge >= 0.3 is 0 Å². The van der Waals surface area contributed by atoms with Crippen LogP contribution >= 0.6 is 0 Å². The zero-order chi connectivity index (χ0) is 30.2. The van der Waals surface area contributed by atoms with Crippen molar-refractivity contribution in [2.75, 3.05) is 52.4 Å². The molecule has 0 spiro atoms. The van der Waals surface area contributed by atoms with Crippen LogP contribution in [0.15, 0.2) is 69.0 Å². The van der Waals surface area contributed by atoms with Gasteiger partial charge in [0.15, 0.2) is 0 Å². The molecule has 1 fully saturated rings. The van der Waals surface area contributed by atoms with Gasteiger partial charge in [-0.2, -0.15) is 14.2 Å². The van der Waals surface area contributed by atoms with Crippen LogP contribution in [0.5, 0.6) is 0 Å². The van der Waals surface area contributed by atoms with Gasteiger partial charge in [0.25, 0.3) is 16.7 Å². The highest BCUT2D eigenvalue weighted by atomic mass is 16.5. The lowest BCUT2D eigenvalue weighted by molar-refractivity contribution is 0.0927. The molecule has 0 unspecified atom stereocenters. The summed E-state index contributed by atoms with van der Waals surface area (Å²) in [5, 5.41) is 31.0. The van der Waals surface area contributed by atoms with Gasteiger partial charge in [-0.3, -0.25) is 34.0 Å². The molecule has 0 amide bonds. The van der Waals surface area contributed by atoms with E-state index >= 15 is 0 Å². The Morgan fingerprint density at radius 3 is 1.10 bits per heavy atom. The van der Waals surface area contributed by atoms with Crippen LogP contribution in [0.3, 0.4) is 0 Å². The largest absolute Gasteiger partial charge is 0.425 e. The average molecular weight is 584 g/mol. The molecular weight excluding hydrogens is 542 g/mol. The van der Waals surface area contributed by atoms with Crippen LogP contribution in [0.1, 0.15) is 30.9 Å². The monoisotopic (exact) mass is 583 g/mol. The minimum absolute atomic E-state index is 0.271. The molecule has 4 rings (SSSR count). The minimum Gasteiger partial charge on any atom is -0.425 e. The number of rotatable bonds is 7. The topological polar surface area (TPSA) is 140 Å². The zero-order valence-electron chi connectivity index (χ0n) is 24.2. The van der Waals surface area contributed by atoms with Crippen LogP contribution in [0.25, 0.3) is 0 Å². The van der Waals surface area contributed by atoms with Gasteiger partial charge in [0.05, 0.1) is 17.1 Å². The van der Waals surface area contributed by atoms with Crippen LogP contribution in [0, 0.1) is 0 Å². The van der Waals surface area contributed by atoms with Crippen molar-refractivity contribution in [3.05, 3.63) is 103 Å². The van der Waals surface area contributed by atoms with Gasteiger partial charge in [-0.1, -0.05) is 18.2 Å². The molecule has 0 saturated carbocycles. The summed E-state index contributed by atoms with van der Waals surface area (Å²) in [4.78, 5) is 45.0. The van der Waals surface area contributed by atoms with Crippen molar-refractivity contribution < 1.29 is 15.6 Å². The van der Waals surface area contributed by atoms with Crippen LogP contribution in [0.2, 0.25) is 0 Å². The van der Waals surface area contributed by atoms with Crippen molar-refractivity contribution in [3.63, 3.8) is 0 Å². The summed E-state index contributed by atoms with van der Waals surface area (Å²) in [6, 6.07) is 14.2. The van der Waals surface area contributed by atoms with E-state index in [-0.39, 0.29) is 6.04 Å². The Kier molecular flexibility index (Phi) is 10.6. The fourth-order valence-electron chi connectivity index (χ4n) is 5.16. The van der Waals surface area contributed by atoms with E-state index in [0.29, 0.717) is 90.2 Å². The third-order valence-electron chi connectivity index (χ3n) is 7.78. The van der Waals surface area contributed by atoms with E-state index in [9.17, 15) is 30.0 Å². The Morgan fingerprint density at radius 1 is 0.524 bits per heavy atom. The Hall–Kier alpha value is -3.91. The number of hydrogen-bond acceptors (Lipinski definition) is 10. The molecule has 3 aromatic rings. The second-order valence-corrected chi connectivity index (χ2v) is 11.0. The van der Waals surface area contributed by atoms with Crippen LogP contribution in [0.4, 0.5) is 0 Å². The standard InChI is InChI=1S/C29H41N7O6/c1-23(2)33-18-16-31(21-25-7-4-10-28(38)35(25)41)14-12-30(20-24-6-3-9-27(37)34(24)40)13-15-32(17-19-33)22-26-8-5-11-29(39)36(26)42/h3-11,23,40-42H,12-22H2,1-2H3. The Bertz CT molecular complexity index is 1420. The van der Waals surface area contributed by atoms with E-state index < -0.39 is 16.7 Å². The van der Waals surface area contributed by atoms with E-state index in [2.05, 4.69) is 33.4 Å². The number of aromatic nitrogens is 3. The van der Waals surface area contributed by atoms with E-state index in [1.807, 2.05) is 0 Å². The predicted molar refractivity (Wildman–Crippen MR) is 156 cm³/mol. The number of pyridine rings is 3. The summed E-state index contributed by atoms with van der Waals surface area (Å²) in [5.41, 5.74) is -0.0255. The maximum atomic E-state index is 12.1. The molecule has 13 heteroatoms. The van der Waals surface area contributed by atoms with Crippen molar-refractivity contribution >= 4 is 0 Å². The molecular formula is C29H41N7O6. The summed E-state index contributed by atoms with van der Waals surface area (Å²) in [6.45, 7) is 10.6. The Labute approximate surface area is 244 Å². The van der Waals surface area contributed by atoms with Gasteiger partial charge in [0, 0.05) is 96.2 Å². The maximum Gasteiger partial charge on any atom is 0.283 e. The maximum absolute atomic E-state index is 12.1. The van der Waals surface area contributed by atoms with Crippen molar-refractivity contribution in [1.82, 2.24) is 33.8 Å². The fraction of sp³-hybridized carbons (Fsp3) is 0.483. The molecule has 3 aromatic heterocycles. The molecule has 0 aromatic carbocycles. The third kappa shape index (κ3) is 8.10. The molecule has 42 heavy (non-hydrogen) atoms. The Balaban J connectivity index is 1.60. The molecule has 228 valence electrons. The molecule has 1 aliphatic heterocycles. The van der Waals surface area contributed by atoms with Crippen molar-refractivity contribution in [3.8, 4) is 0 Å². The molecule has 0 radical (unpaired) electrons. The second kappa shape index (κ2) is 14.3.